The molecule has 8 heteroatoms. The number of rotatable bonds is 9. The van der Waals surface area contributed by atoms with Crippen LogP contribution in [-0.2, 0) is 9.84 Å². The Balaban J connectivity index is 1.23. The van der Waals surface area contributed by atoms with E-state index >= 15 is 0 Å². The highest BCUT2D eigenvalue weighted by Crippen LogP contribution is 2.49. The summed E-state index contributed by atoms with van der Waals surface area (Å²) >= 11 is 6.44. The first-order chi connectivity index (χ1) is 15.8. The summed E-state index contributed by atoms with van der Waals surface area (Å²) < 4.78 is 27.3. The summed E-state index contributed by atoms with van der Waals surface area (Å²) in [4.78, 5) is 13.0. The maximum Gasteiger partial charge on any atom is 0.252 e. The highest BCUT2D eigenvalue weighted by molar-refractivity contribution is 7.92. The van der Waals surface area contributed by atoms with Crippen molar-refractivity contribution in [2.75, 3.05) is 12.3 Å². The Labute approximate surface area is 201 Å². The molecule has 178 valence electrons. The third-order valence-electron chi connectivity index (χ3n) is 7.67. The van der Waals surface area contributed by atoms with Gasteiger partial charge in [0.2, 0.25) is 0 Å². The van der Waals surface area contributed by atoms with Crippen molar-refractivity contribution < 1.29 is 13.2 Å². The minimum absolute atomic E-state index is 0.0100. The minimum Gasteiger partial charge on any atom is -0.351 e. The zero-order valence-corrected chi connectivity index (χ0v) is 20.5. The number of hydrogen-bond acceptors (Lipinski definition) is 4. The second kappa shape index (κ2) is 9.06. The Morgan fingerprint density at radius 1 is 1.12 bits per heavy atom. The molecule has 5 rings (SSSR count). The van der Waals surface area contributed by atoms with Crippen molar-refractivity contribution in [3.05, 3.63) is 47.2 Å². The van der Waals surface area contributed by atoms with Crippen molar-refractivity contribution in [2.45, 2.75) is 63.0 Å². The standard InChI is InChI=1S/C25H32ClN3O3S/c26-23-14-20(29-13-1-12-28-29)6-7-22(23)24(30)27-17-25(15-18-2-3-18)10-8-21(9-11-25)33(31,32)16-19-4-5-19/h1,6-7,12-14,18-19,21H,2-5,8-11,15-17H2,(H,27,30). The van der Waals surface area contributed by atoms with E-state index in [4.69, 9.17) is 11.6 Å². The average molecular weight is 490 g/mol. The van der Waals surface area contributed by atoms with E-state index in [2.05, 4.69) is 10.4 Å². The zero-order valence-electron chi connectivity index (χ0n) is 18.9. The molecule has 3 saturated carbocycles. The van der Waals surface area contributed by atoms with Crippen LogP contribution in [-0.4, -0.2) is 41.7 Å². The number of nitrogens with zero attached hydrogens (tertiary/aromatic N) is 2. The third-order valence-corrected chi connectivity index (χ3v) is 10.4. The number of aromatic nitrogens is 2. The number of halogens is 1. The van der Waals surface area contributed by atoms with E-state index in [0.29, 0.717) is 28.8 Å². The monoisotopic (exact) mass is 489 g/mol. The van der Waals surface area contributed by atoms with Crippen molar-refractivity contribution in [1.82, 2.24) is 15.1 Å². The fourth-order valence-corrected chi connectivity index (χ4v) is 7.79. The number of sulfone groups is 1. The first kappa shape index (κ1) is 22.9. The predicted octanol–water partition coefficient (Wildman–Crippen LogP) is 4.81. The van der Waals surface area contributed by atoms with Gasteiger partial charge in [-0.25, -0.2) is 13.1 Å². The summed E-state index contributed by atoms with van der Waals surface area (Å²) in [6.07, 6.45) is 12.4. The van der Waals surface area contributed by atoms with Crippen LogP contribution in [0.2, 0.25) is 5.02 Å². The van der Waals surface area contributed by atoms with Gasteiger partial charge in [-0.05, 0) is 86.5 Å². The largest absolute Gasteiger partial charge is 0.351 e. The van der Waals surface area contributed by atoms with E-state index in [1.165, 1.54) is 12.8 Å². The molecule has 0 bridgehead atoms. The fourth-order valence-electron chi connectivity index (χ4n) is 5.31. The van der Waals surface area contributed by atoms with Crippen molar-refractivity contribution >= 4 is 27.3 Å². The molecule has 0 saturated heterocycles. The number of carbonyl (C=O) groups is 1. The highest BCUT2D eigenvalue weighted by Gasteiger charge is 2.43. The predicted molar refractivity (Wildman–Crippen MR) is 129 cm³/mol. The van der Waals surface area contributed by atoms with Gasteiger partial charge in [-0.15, -0.1) is 0 Å². The lowest BCUT2D eigenvalue weighted by atomic mass is 9.70. The molecule has 0 unspecified atom stereocenters. The Morgan fingerprint density at radius 2 is 1.85 bits per heavy atom. The van der Waals surface area contributed by atoms with Gasteiger partial charge in [0.05, 0.1) is 27.3 Å². The van der Waals surface area contributed by atoms with E-state index in [-0.39, 0.29) is 16.6 Å². The molecule has 1 heterocycles. The van der Waals surface area contributed by atoms with Crippen LogP contribution in [0.3, 0.4) is 0 Å². The summed E-state index contributed by atoms with van der Waals surface area (Å²) in [5.74, 6) is 1.32. The van der Waals surface area contributed by atoms with Crippen LogP contribution in [0, 0.1) is 17.3 Å². The maximum atomic E-state index is 13.0. The number of nitrogens with one attached hydrogen (secondary N) is 1. The lowest BCUT2D eigenvalue weighted by molar-refractivity contribution is 0.0895. The molecule has 1 aromatic carbocycles. The molecular formula is C25H32ClN3O3S. The smallest absolute Gasteiger partial charge is 0.252 e. The first-order valence-corrected chi connectivity index (χ1v) is 14.2. The molecule has 1 amide bonds. The molecule has 33 heavy (non-hydrogen) atoms. The molecule has 1 N–H and O–H groups in total. The zero-order chi connectivity index (χ0) is 23.1. The fraction of sp³-hybridized carbons (Fsp3) is 0.600. The average Bonchev–Trinajstić information content (AvgIpc) is 3.72. The molecule has 0 spiro atoms. The van der Waals surface area contributed by atoms with Crippen molar-refractivity contribution in [2.24, 2.45) is 17.3 Å². The van der Waals surface area contributed by atoms with Gasteiger partial charge in [-0.3, -0.25) is 4.79 Å². The number of amides is 1. The lowest BCUT2D eigenvalue weighted by Gasteiger charge is -2.40. The van der Waals surface area contributed by atoms with Crippen LogP contribution in [0.15, 0.2) is 36.7 Å². The van der Waals surface area contributed by atoms with Gasteiger partial charge in [0.25, 0.3) is 5.91 Å². The lowest BCUT2D eigenvalue weighted by Crippen LogP contribution is -2.43. The minimum atomic E-state index is -3.00. The molecule has 3 aliphatic carbocycles. The molecule has 3 fully saturated rings. The third kappa shape index (κ3) is 5.46. The van der Waals surface area contributed by atoms with Gasteiger partial charge in [0.15, 0.2) is 9.84 Å². The van der Waals surface area contributed by atoms with Crippen LogP contribution in [0.25, 0.3) is 5.69 Å². The molecular weight excluding hydrogens is 458 g/mol. The Kier molecular flexibility index (Phi) is 6.29. The van der Waals surface area contributed by atoms with Crippen LogP contribution in [0.4, 0.5) is 0 Å². The number of carbonyl (C=O) groups excluding carboxylic acids is 1. The van der Waals surface area contributed by atoms with Gasteiger partial charge in [-0.1, -0.05) is 24.4 Å². The van der Waals surface area contributed by atoms with E-state index in [1.54, 1.807) is 23.0 Å². The summed E-state index contributed by atoms with van der Waals surface area (Å²) in [7, 11) is -3.00. The molecule has 0 aliphatic heterocycles. The summed E-state index contributed by atoms with van der Waals surface area (Å²) in [5, 5.41) is 7.53. The summed E-state index contributed by atoms with van der Waals surface area (Å²) in [6, 6.07) is 7.16. The molecule has 3 aliphatic rings. The van der Waals surface area contributed by atoms with Gasteiger partial charge in [0, 0.05) is 18.9 Å². The quantitative estimate of drug-likeness (QED) is 0.548. The van der Waals surface area contributed by atoms with Crippen molar-refractivity contribution in [3.63, 3.8) is 0 Å². The number of benzene rings is 1. The Bertz CT molecular complexity index is 1100. The second-order valence-electron chi connectivity index (χ2n) is 10.4. The Hall–Kier alpha value is -1.86. The topological polar surface area (TPSA) is 81.1 Å². The molecule has 0 radical (unpaired) electrons. The molecule has 2 aromatic rings. The summed E-state index contributed by atoms with van der Waals surface area (Å²) in [6.45, 7) is 0.578. The van der Waals surface area contributed by atoms with Gasteiger partial charge < -0.3 is 5.32 Å². The molecule has 1 aromatic heterocycles. The van der Waals surface area contributed by atoms with Gasteiger partial charge in [0.1, 0.15) is 0 Å². The maximum absolute atomic E-state index is 13.0. The van der Waals surface area contributed by atoms with Crippen molar-refractivity contribution in [1.29, 1.82) is 0 Å². The van der Waals surface area contributed by atoms with Gasteiger partial charge in [-0.2, -0.15) is 5.10 Å². The number of hydrogen-bond donors (Lipinski definition) is 1. The van der Waals surface area contributed by atoms with Crippen LogP contribution >= 0.6 is 11.6 Å². The van der Waals surface area contributed by atoms with E-state index in [1.807, 2.05) is 18.3 Å². The summed E-state index contributed by atoms with van der Waals surface area (Å²) in [5.41, 5.74) is 1.25. The first-order valence-electron chi connectivity index (χ1n) is 12.1. The van der Waals surface area contributed by atoms with Crippen LogP contribution < -0.4 is 5.32 Å². The van der Waals surface area contributed by atoms with Crippen LogP contribution in [0.1, 0.15) is 68.1 Å². The van der Waals surface area contributed by atoms with E-state index < -0.39 is 9.84 Å². The normalized spacial score (nSPS) is 25.7. The highest BCUT2D eigenvalue weighted by atomic mass is 35.5. The second-order valence-corrected chi connectivity index (χ2v) is 13.2. The molecule has 0 atom stereocenters. The van der Waals surface area contributed by atoms with E-state index in [0.717, 1.165) is 56.6 Å². The molecule has 6 nitrogen and oxygen atoms in total. The van der Waals surface area contributed by atoms with Crippen molar-refractivity contribution in [3.8, 4) is 5.69 Å². The van der Waals surface area contributed by atoms with Gasteiger partial charge >= 0.3 is 0 Å². The van der Waals surface area contributed by atoms with E-state index in [9.17, 15) is 13.2 Å². The van der Waals surface area contributed by atoms with Crippen LogP contribution in [0.5, 0.6) is 0 Å². The Morgan fingerprint density at radius 3 is 2.45 bits per heavy atom. The SMILES string of the molecule is O=C(NCC1(CC2CC2)CCC(S(=O)(=O)CC2CC2)CC1)c1ccc(-n2cccn2)cc1Cl.